The molecule has 3 rings (SSSR count). The summed E-state index contributed by atoms with van der Waals surface area (Å²) in [6, 6.07) is 22.1. The van der Waals surface area contributed by atoms with Crippen molar-refractivity contribution in [2.24, 2.45) is 0 Å². The highest BCUT2D eigenvalue weighted by atomic mass is 16.3. The summed E-state index contributed by atoms with van der Waals surface area (Å²) in [4.78, 5) is 0. The molecule has 0 spiro atoms. The van der Waals surface area contributed by atoms with Crippen LogP contribution in [0.25, 0.3) is 10.8 Å². The number of phenolic OH excluding ortho intramolecular Hbond substituents is 1. The maximum absolute atomic E-state index is 9.44. The molecule has 3 aromatic carbocycles. The second-order valence-electron chi connectivity index (χ2n) is 4.91. The minimum absolute atomic E-state index is 0.314. The Balaban J connectivity index is 1.71. The van der Waals surface area contributed by atoms with Crippen LogP contribution in [-0.2, 0) is 13.1 Å². The van der Waals surface area contributed by atoms with Crippen LogP contribution in [0.15, 0.2) is 66.7 Å². The maximum atomic E-state index is 9.44. The minimum atomic E-state index is 0.314. The van der Waals surface area contributed by atoms with E-state index in [1.165, 1.54) is 16.3 Å². The Hall–Kier alpha value is -2.32. The van der Waals surface area contributed by atoms with E-state index in [0.29, 0.717) is 5.75 Å². The topological polar surface area (TPSA) is 32.3 Å². The van der Waals surface area contributed by atoms with Gasteiger partial charge in [-0.1, -0.05) is 54.6 Å². The van der Waals surface area contributed by atoms with E-state index in [4.69, 9.17) is 0 Å². The highest BCUT2D eigenvalue weighted by molar-refractivity contribution is 5.85. The molecule has 0 atom stereocenters. The van der Waals surface area contributed by atoms with E-state index in [-0.39, 0.29) is 0 Å². The number of phenols is 1. The standard InChI is InChI=1S/C18H17NO/c20-17-9-3-5-14(11-17)12-19-13-16-8-4-7-15-6-1-2-10-18(15)16/h1-11,19-20H,12-13H2. The van der Waals surface area contributed by atoms with Gasteiger partial charge in [0.25, 0.3) is 0 Å². The molecule has 0 heterocycles. The summed E-state index contributed by atoms with van der Waals surface area (Å²) in [5, 5.41) is 15.4. The Kier molecular flexibility index (Phi) is 3.66. The minimum Gasteiger partial charge on any atom is -0.508 e. The molecule has 2 nitrogen and oxygen atoms in total. The first-order chi connectivity index (χ1) is 9.83. The molecule has 0 aliphatic carbocycles. The van der Waals surface area contributed by atoms with Crippen molar-refractivity contribution in [2.45, 2.75) is 13.1 Å². The van der Waals surface area contributed by atoms with Gasteiger partial charge in [-0.15, -0.1) is 0 Å². The zero-order valence-corrected chi connectivity index (χ0v) is 11.2. The Labute approximate surface area is 118 Å². The first kappa shape index (κ1) is 12.7. The molecule has 0 bridgehead atoms. The molecule has 0 aliphatic rings. The molecule has 2 N–H and O–H groups in total. The van der Waals surface area contributed by atoms with Gasteiger partial charge in [-0.3, -0.25) is 0 Å². The molecule has 0 aromatic heterocycles. The fraction of sp³-hybridized carbons (Fsp3) is 0.111. The van der Waals surface area contributed by atoms with Gasteiger partial charge in [0.15, 0.2) is 0 Å². The SMILES string of the molecule is Oc1cccc(CNCc2cccc3ccccc23)c1. The number of benzene rings is 3. The van der Waals surface area contributed by atoms with Crippen molar-refractivity contribution < 1.29 is 5.11 Å². The highest BCUT2D eigenvalue weighted by Gasteiger charge is 2.00. The average molecular weight is 263 g/mol. The van der Waals surface area contributed by atoms with E-state index in [2.05, 4.69) is 47.8 Å². The molecule has 0 fully saturated rings. The Bertz CT molecular complexity index is 716. The number of rotatable bonds is 4. The summed E-state index contributed by atoms with van der Waals surface area (Å²) < 4.78 is 0. The van der Waals surface area contributed by atoms with Gasteiger partial charge in [0.05, 0.1) is 0 Å². The lowest BCUT2D eigenvalue weighted by Gasteiger charge is -2.08. The lowest BCUT2D eigenvalue weighted by Crippen LogP contribution is -2.12. The maximum Gasteiger partial charge on any atom is 0.115 e. The van der Waals surface area contributed by atoms with Gasteiger partial charge < -0.3 is 10.4 Å². The Morgan fingerprint density at radius 3 is 2.50 bits per heavy atom. The molecule has 0 amide bonds. The number of hydrogen-bond donors (Lipinski definition) is 2. The van der Waals surface area contributed by atoms with Crippen molar-refractivity contribution in [3.63, 3.8) is 0 Å². The number of aromatic hydroxyl groups is 1. The lowest BCUT2D eigenvalue weighted by atomic mass is 10.0. The molecule has 3 aromatic rings. The van der Waals surface area contributed by atoms with Crippen LogP contribution < -0.4 is 5.32 Å². The van der Waals surface area contributed by atoms with Crippen LogP contribution in [0.1, 0.15) is 11.1 Å². The predicted molar refractivity (Wildman–Crippen MR) is 82.6 cm³/mol. The van der Waals surface area contributed by atoms with Crippen LogP contribution in [0.5, 0.6) is 5.75 Å². The van der Waals surface area contributed by atoms with Gasteiger partial charge in [0.2, 0.25) is 0 Å². The zero-order valence-electron chi connectivity index (χ0n) is 11.2. The molecule has 100 valence electrons. The third-order valence-electron chi connectivity index (χ3n) is 3.44. The number of fused-ring (bicyclic) bond motifs is 1. The molecule has 0 saturated carbocycles. The van der Waals surface area contributed by atoms with Crippen molar-refractivity contribution in [3.05, 3.63) is 77.9 Å². The van der Waals surface area contributed by atoms with Crippen LogP contribution >= 0.6 is 0 Å². The van der Waals surface area contributed by atoms with Gasteiger partial charge in [-0.05, 0) is 34.0 Å². The van der Waals surface area contributed by atoms with Crippen molar-refractivity contribution in [1.29, 1.82) is 0 Å². The summed E-state index contributed by atoms with van der Waals surface area (Å²) >= 11 is 0. The monoisotopic (exact) mass is 263 g/mol. The third-order valence-corrected chi connectivity index (χ3v) is 3.44. The van der Waals surface area contributed by atoms with Crippen molar-refractivity contribution in [2.75, 3.05) is 0 Å². The van der Waals surface area contributed by atoms with Crippen molar-refractivity contribution >= 4 is 10.8 Å². The van der Waals surface area contributed by atoms with Crippen molar-refractivity contribution in [3.8, 4) is 5.75 Å². The molecule has 2 heteroatoms. The highest BCUT2D eigenvalue weighted by Crippen LogP contribution is 2.18. The molecule has 0 aliphatic heterocycles. The fourth-order valence-corrected chi connectivity index (χ4v) is 2.45. The molecule has 0 radical (unpaired) electrons. The molecule has 0 unspecified atom stereocenters. The Morgan fingerprint density at radius 1 is 0.800 bits per heavy atom. The smallest absolute Gasteiger partial charge is 0.115 e. The fourth-order valence-electron chi connectivity index (χ4n) is 2.45. The van der Waals surface area contributed by atoms with Crippen LogP contribution in [0, 0.1) is 0 Å². The molecular formula is C18H17NO. The second kappa shape index (κ2) is 5.76. The first-order valence-corrected chi connectivity index (χ1v) is 6.78. The van der Waals surface area contributed by atoms with E-state index in [1.54, 1.807) is 12.1 Å². The van der Waals surface area contributed by atoms with E-state index in [0.717, 1.165) is 18.7 Å². The van der Waals surface area contributed by atoms with Gasteiger partial charge >= 0.3 is 0 Å². The van der Waals surface area contributed by atoms with E-state index < -0.39 is 0 Å². The van der Waals surface area contributed by atoms with Gasteiger partial charge in [0, 0.05) is 13.1 Å². The molecular weight excluding hydrogens is 246 g/mol. The molecule has 0 saturated heterocycles. The average Bonchev–Trinajstić information content (AvgIpc) is 2.48. The van der Waals surface area contributed by atoms with Crippen LogP contribution in [0.3, 0.4) is 0 Å². The first-order valence-electron chi connectivity index (χ1n) is 6.78. The van der Waals surface area contributed by atoms with Gasteiger partial charge in [0.1, 0.15) is 5.75 Å². The summed E-state index contributed by atoms with van der Waals surface area (Å²) in [6.07, 6.45) is 0. The quantitative estimate of drug-likeness (QED) is 0.749. The number of hydrogen-bond acceptors (Lipinski definition) is 2. The normalized spacial score (nSPS) is 10.8. The largest absolute Gasteiger partial charge is 0.508 e. The summed E-state index contributed by atoms with van der Waals surface area (Å²) in [5.74, 6) is 0.314. The summed E-state index contributed by atoms with van der Waals surface area (Å²) in [7, 11) is 0. The van der Waals surface area contributed by atoms with E-state index in [9.17, 15) is 5.11 Å². The lowest BCUT2D eigenvalue weighted by molar-refractivity contribution is 0.474. The van der Waals surface area contributed by atoms with Crippen LogP contribution in [0.2, 0.25) is 0 Å². The van der Waals surface area contributed by atoms with Crippen LogP contribution in [0.4, 0.5) is 0 Å². The van der Waals surface area contributed by atoms with Crippen molar-refractivity contribution in [1.82, 2.24) is 5.32 Å². The second-order valence-corrected chi connectivity index (χ2v) is 4.91. The van der Waals surface area contributed by atoms with E-state index >= 15 is 0 Å². The summed E-state index contributed by atoms with van der Waals surface area (Å²) in [6.45, 7) is 1.56. The third kappa shape index (κ3) is 2.81. The molecule has 20 heavy (non-hydrogen) atoms. The summed E-state index contributed by atoms with van der Waals surface area (Å²) in [5.41, 5.74) is 2.38. The number of nitrogens with one attached hydrogen (secondary N) is 1. The van der Waals surface area contributed by atoms with Gasteiger partial charge in [-0.25, -0.2) is 0 Å². The van der Waals surface area contributed by atoms with E-state index in [1.807, 2.05) is 12.1 Å². The zero-order chi connectivity index (χ0) is 13.8. The Morgan fingerprint density at radius 2 is 1.60 bits per heavy atom. The van der Waals surface area contributed by atoms with Gasteiger partial charge in [-0.2, -0.15) is 0 Å². The predicted octanol–water partition coefficient (Wildman–Crippen LogP) is 3.84. The van der Waals surface area contributed by atoms with Crippen LogP contribution in [-0.4, -0.2) is 5.11 Å².